The maximum absolute atomic E-state index is 11.8. The summed E-state index contributed by atoms with van der Waals surface area (Å²) in [4.78, 5) is 11.8. The number of carbonyl (C=O) groups is 1. The van der Waals surface area contributed by atoms with E-state index >= 15 is 0 Å². The average Bonchev–Trinajstić information content (AvgIpc) is 2.49. The maximum Gasteiger partial charge on any atom is 0.264 e. The number of amides is 1. The number of halogens is 1. The standard InChI is InChI=1S/C16H15ClN2O3S/c1-10-2-7-13(14(20)8-10)18-16(23)19-15(21)9-22-12-5-3-11(17)4-6-12/h2-8,20H,9H2,1H3,(H2,18,19,21,23). The summed E-state index contributed by atoms with van der Waals surface area (Å²) < 4.78 is 5.31. The quantitative estimate of drug-likeness (QED) is 0.583. The van der Waals surface area contributed by atoms with Crippen LogP contribution in [0.1, 0.15) is 5.56 Å². The van der Waals surface area contributed by atoms with Gasteiger partial charge in [-0.3, -0.25) is 10.1 Å². The Morgan fingerprint density at radius 1 is 1.26 bits per heavy atom. The first-order chi connectivity index (χ1) is 10.9. The van der Waals surface area contributed by atoms with Crippen LogP contribution in [0.3, 0.4) is 0 Å². The molecule has 3 N–H and O–H groups in total. The van der Waals surface area contributed by atoms with E-state index in [1.807, 2.05) is 13.0 Å². The van der Waals surface area contributed by atoms with Crippen molar-refractivity contribution < 1.29 is 14.6 Å². The molecule has 0 heterocycles. The van der Waals surface area contributed by atoms with E-state index in [0.29, 0.717) is 16.5 Å². The van der Waals surface area contributed by atoms with Gasteiger partial charge in [-0.2, -0.15) is 0 Å². The summed E-state index contributed by atoms with van der Waals surface area (Å²) in [5, 5.41) is 15.7. The van der Waals surface area contributed by atoms with Crippen molar-refractivity contribution in [3.63, 3.8) is 0 Å². The largest absolute Gasteiger partial charge is 0.506 e. The van der Waals surface area contributed by atoms with Gasteiger partial charge in [0.2, 0.25) is 0 Å². The van der Waals surface area contributed by atoms with Crippen molar-refractivity contribution in [2.75, 3.05) is 11.9 Å². The van der Waals surface area contributed by atoms with Gasteiger partial charge >= 0.3 is 0 Å². The van der Waals surface area contributed by atoms with Gasteiger partial charge < -0.3 is 15.2 Å². The number of hydrogen-bond acceptors (Lipinski definition) is 4. The molecular formula is C16H15ClN2O3S. The van der Waals surface area contributed by atoms with Gasteiger partial charge in [0.25, 0.3) is 5.91 Å². The van der Waals surface area contributed by atoms with E-state index in [0.717, 1.165) is 5.56 Å². The van der Waals surface area contributed by atoms with Gasteiger partial charge in [0, 0.05) is 5.02 Å². The number of ether oxygens (including phenoxy) is 1. The van der Waals surface area contributed by atoms with Gasteiger partial charge in [0.15, 0.2) is 11.7 Å². The van der Waals surface area contributed by atoms with Gasteiger partial charge in [0.1, 0.15) is 11.5 Å². The summed E-state index contributed by atoms with van der Waals surface area (Å²) in [5.74, 6) is 0.169. The lowest BCUT2D eigenvalue weighted by Gasteiger charge is -2.11. The fourth-order valence-corrected chi connectivity index (χ4v) is 2.09. The number of hydrogen-bond donors (Lipinski definition) is 3. The van der Waals surface area contributed by atoms with Crippen molar-refractivity contribution >= 4 is 40.5 Å². The third-order valence-corrected chi connectivity index (χ3v) is 3.29. The van der Waals surface area contributed by atoms with E-state index in [1.54, 1.807) is 36.4 Å². The highest BCUT2D eigenvalue weighted by Crippen LogP contribution is 2.23. The monoisotopic (exact) mass is 350 g/mol. The molecule has 0 bridgehead atoms. The first-order valence-electron chi connectivity index (χ1n) is 6.73. The van der Waals surface area contributed by atoms with Crippen LogP contribution < -0.4 is 15.4 Å². The minimum Gasteiger partial charge on any atom is -0.506 e. The number of anilines is 1. The summed E-state index contributed by atoms with van der Waals surface area (Å²) >= 11 is 10.8. The Morgan fingerprint density at radius 3 is 2.61 bits per heavy atom. The molecule has 2 rings (SSSR count). The fraction of sp³-hybridized carbons (Fsp3) is 0.125. The number of rotatable bonds is 4. The van der Waals surface area contributed by atoms with Crippen LogP contribution in [-0.2, 0) is 4.79 Å². The van der Waals surface area contributed by atoms with Gasteiger partial charge in [-0.1, -0.05) is 17.7 Å². The molecule has 0 atom stereocenters. The number of nitrogens with one attached hydrogen (secondary N) is 2. The predicted molar refractivity (Wildman–Crippen MR) is 94.2 cm³/mol. The zero-order valence-electron chi connectivity index (χ0n) is 12.3. The predicted octanol–water partition coefficient (Wildman–Crippen LogP) is 3.25. The number of phenols is 1. The number of aromatic hydroxyl groups is 1. The van der Waals surface area contributed by atoms with Crippen molar-refractivity contribution in [3.05, 3.63) is 53.1 Å². The van der Waals surface area contributed by atoms with Crippen molar-refractivity contribution in [2.45, 2.75) is 6.92 Å². The molecular weight excluding hydrogens is 336 g/mol. The molecule has 7 heteroatoms. The third-order valence-electron chi connectivity index (χ3n) is 2.84. The molecule has 23 heavy (non-hydrogen) atoms. The summed E-state index contributed by atoms with van der Waals surface area (Å²) in [5.41, 5.74) is 1.33. The summed E-state index contributed by atoms with van der Waals surface area (Å²) in [6.07, 6.45) is 0. The van der Waals surface area contributed by atoms with Crippen LogP contribution in [0.4, 0.5) is 5.69 Å². The van der Waals surface area contributed by atoms with Crippen LogP contribution in [0.2, 0.25) is 5.02 Å². The molecule has 0 unspecified atom stereocenters. The molecule has 0 aliphatic heterocycles. The first kappa shape index (κ1) is 17.1. The highest BCUT2D eigenvalue weighted by atomic mass is 35.5. The Bertz CT molecular complexity index is 720. The van der Waals surface area contributed by atoms with E-state index in [2.05, 4.69) is 10.6 Å². The fourth-order valence-electron chi connectivity index (χ4n) is 1.74. The summed E-state index contributed by atoms with van der Waals surface area (Å²) in [6, 6.07) is 11.7. The van der Waals surface area contributed by atoms with E-state index in [-0.39, 0.29) is 17.5 Å². The number of aryl methyl sites for hydroxylation is 1. The average molecular weight is 351 g/mol. The van der Waals surface area contributed by atoms with Crippen LogP contribution in [0.25, 0.3) is 0 Å². The second kappa shape index (κ2) is 7.80. The Kier molecular flexibility index (Phi) is 5.78. The highest BCUT2D eigenvalue weighted by Gasteiger charge is 2.08. The summed E-state index contributed by atoms with van der Waals surface area (Å²) in [6.45, 7) is 1.67. The van der Waals surface area contributed by atoms with Crippen molar-refractivity contribution in [2.24, 2.45) is 0 Å². The lowest BCUT2D eigenvalue weighted by Crippen LogP contribution is -2.37. The van der Waals surface area contributed by atoms with Crippen molar-refractivity contribution in [1.29, 1.82) is 0 Å². The molecule has 0 fully saturated rings. The maximum atomic E-state index is 11.8. The van der Waals surface area contributed by atoms with Crippen LogP contribution in [-0.4, -0.2) is 22.7 Å². The molecule has 2 aromatic rings. The lowest BCUT2D eigenvalue weighted by atomic mass is 10.2. The number of thiocarbonyl (C=S) groups is 1. The Hall–Kier alpha value is -2.31. The van der Waals surface area contributed by atoms with E-state index in [4.69, 9.17) is 28.6 Å². The van der Waals surface area contributed by atoms with Gasteiger partial charge in [-0.05, 0) is 61.1 Å². The molecule has 120 valence electrons. The highest BCUT2D eigenvalue weighted by molar-refractivity contribution is 7.80. The first-order valence-corrected chi connectivity index (χ1v) is 7.51. The van der Waals surface area contributed by atoms with Crippen LogP contribution in [0.5, 0.6) is 11.5 Å². The van der Waals surface area contributed by atoms with E-state index in [1.165, 1.54) is 0 Å². The summed E-state index contributed by atoms with van der Waals surface area (Å²) in [7, 11) is 0. The second-order valence-electron chi connectivity index (χ2n) is 4.77. The number of benzene rings is 2. The molecule has 5 nitrogen and oxygen atoms in total. The van der Waals surface area contributed by atoms with E-state index in [9.17, 15) is 9.90 Å². The molecule has 2 aromatic carbocycles. The molecule has 0 saturated carbocycles. The molecule has 0 saturated heterocycles. The third kappa shape index (κ3) is 5.43. The molecule has 0 radical (unpaired) electrons. The lowest BCUT2D eigenvalue weighted by molar-refractivity contribution is -0.121. The van der Waals surface area contributed by atoms with Gasteiger partial charge in [-0.25, -0.2) is 0 Å². The van der Waals surface area contributed by atoms with Crippen molar-refractivity contribution in [1.82, 2.24) is 5.32 Å². The smallest absolute Gasteiger partial charge is 0.264 e. The van der Waals surface area contributed by atoms with Crippen LogP contribution >= 0.6 is 23.8 Å². The zero-order valence-corrected chi connectivity index (χ0v) is 13.9. The topological polar surface area (TPSA) is 70.6 Å². The number of carbonyl (C=O) groups excluding carboxylic acids is 1. The molecule has 0 spiro atoms. The normalized spacial score (nSPS) is 10.0. The number of phenolic OH excluding ortho intramolecular Hbond substituents is 1. The Morgan fingerprint density at radius 2 is 1.96 bits per heavy atom. The minimum atomic E-state index is -0.413. The Labute approximate surface area is 144 Å². The molecule has 0 aliphatic carbocycles. The van der Waals surface area contributed by atoms with Crippen LogP contribution in [0.15, 0.2) is 42.5 Å². The minimum absolute atomic E-state index is 0.0546. The second-order valence-corrected chi connectivity index (χ2v) is 5.61. The SMILES string of the molecule is Cc1ccc(NC(=S)NC(=O)COc2ccc(Cl)cc2)c(O)c1. The van der Waals surface area contributed by atoms with Crippen LogP contribution in [0, 0.1) is 6.92 Å². The molecule has 1 amide bonds. The Balaban J connectivity index is 1.82. The zero-order chi connectivity index (χ0) is 16.8. The van der Waals surface area contributed by atoms with Crippen molar-refractivity contribution in [3.8, 4) is 11.5 Å². The van der Waals surface area contributed by atoms with E-state index < -0.39 is 5.91 Å². The van der Waals surface area contributed by atoms with Gasteiger partial charge in [-0.15, -0.1) is 0 Å². The molecule has 0 aromatic heterocycles. The van der Waals surface area contributed by atoms with Gasteiger partial charge in [0.05, 0.1) is 5.69 Å². The molecule has 0 aliphatic rings.